The fourth-order valence-corrected chi connectivity index (χ4v) is 4.97. The Hall–Kier alpha value is -2.70. The summed E-state index contributed by atoms with van der Waals surface area (Å²) in [5, 5.41) is 0.382. The number of benzene rings is 3. The molecular formula is C22H22ClNO4S. The lowest BCUT2D eigenvalue weighted by Gasteiger charge is -2.17. The van der Waals surface area contributed by atoms with Crippen molar-refractivity contribution in [3.63, 3.8) is 0 Å². The summed E-state index contributed by atoms with van der Waals surface area (Å²) in [7, 11) is -2.32. The number of aryl methyl sites for hydroxylation is 3. The van der Waals surface area contributed by atoms with Crippen LogP contribution in [-0.2, 0) is 10.0 Å². The number of ether oxygens (including phenoxy) is 2. The fourth-order valence-electron chi connectivity index (χ4n) is 3.28. The number of hydrogen-bond donors (Lipinski definition) is 1. The van der Waals surface area contributed by atoms with E-state index in [2.05, 4.69) is 4.72 Å². The summed E-state index contributed by atoms with van der Waals surface area (Å²) in [5.74, 6) is 1.30. The number of nitrogens with one attached hydrogen (secondary N) is 1. The van der Waals surface area contributed by atoms with Crippen molar-refractivity contribution in [1.29, 1.82) is 0 Å². The molecule has 29 heavy (non-hydrogen) atoms. The Morgan fingerprint density at radius 3 is 2.10 bits per heavy atom. The molecule has 0 saturated carbocycles. The molecule has 152 valence electrons. The Balaban J connectivity index is 2.03. The van der Waals surface area contributed by atoms with E-state index in [1.807, 2.05) is 25.1 Å². The SMILES string of the molecule is COc1ccccc1Oc1ccc(Cl)cc1NS(=O)(=O)c1c(C)cc(C)cc1C. The Morgan fingerprint density at radius 2 is 1.48 bits per heavy atom. The van der Waals surface area contributed by atoms with Gasteiger partial charge in [0.1, 0.15) is 0 Å². The van der Waals surface area contributed by atoms with Crippen LogP contribution in [0.15, 0.2) is 59.5 Å². The van der Waals surface area contributed by atoms with Crippen LogP contribution in [0.4, 0.5) is 5.69 Å². The summed E-state index contributed by atoms with van der Waals surface area (Å²) in [4.78, 5) is 0.242. The molecule has 3 aromatic rings. The highest BCUT2D eigenvalue weighted by molar-refractivity contribution is 7.92. The van der Waals surface area contributed by atoms with Gasteiger partial charge >= 0.3 is 0 Å². The molecule has 0 fully saturated rings. The lowest BCUT2D eigenvalue weighted by Crippen LogP contribution is -2.16. The van der Waals surface area contributed by atoms with Gasteiger partial charge in [0.15, 0.2) is 17.2 Å². The minimum atomic E-state index is -3.86. The molecule has 1 N–H and O–H groups in total. The third-order valence-corrected chi connectivity index (χ3v) is 6.25. The van der Waals surface area contributed by atoms with E-state index >= 15 is 0 Å². The monoisotopic (exact) mass is 431 g/mol. The molecule has 7 heteroatoms. The molecule has 0 amide bonds. The van der Waals surface area contributed by atoms with Crippen LogP contribution >= 0.6 is 11.6 Å². The van der Waals surface area contributed by atoms with E-state index in [4.69, 9.17) is 21.1 Å². The van der Waals surface area contributed by atoms with Crippen LogP contribution < -0.4 is 14.2 Å². The third kappa shape index (κ3) is 4.66. The quantitative estimate of drug-likeness (QED) is 0.530. The molecule has 0 aliphatic heterocycles. The fraction of sp³-hybridized carbons (Fsp3) is 0.182. The maximum absolute atomic E-state index is 13.2. The van der Waals surface area contributed by atoms with Crippen molar-refractivity contribution in [2.45, 2.75) is 25.7 Å². The van der Waals surface area contributed by atoms with Gasteiger partial charge in [0, 0.05) is 5.02 Å². The van der Waals surface area contributed by atoms with Gasteiger partial charge in [-0.15, -0.1) is 0 Å². The molecule has 0 aliphatic carbocycles. The van der Waals surface area contributed by atoms with Crippen molar-refractivity contribution in [2.75, 3.05) is 11.8 Å². The molecule has 0 saturated heterocycles. The Kier molecular flexibility index (Phi) is 6.05. The van der Waals surface area contributed by atoms with Crippen molar-refractivity contribution < 1.29 is 17.9 Å². The van der Waals surface area contributed by atoms with Gasteiger partial charge in [0.25, 0.3) is 10.0 Å². The van der Waals surface area contributed by atoms with E-state index in [-0.39, 0.29) is 10.6 Å². The number of hydrogen-bond acceptors (Lipinski definition) is 4. The molecule has 3 aromatic carbocycles. The van der Waals surface area contributed by atoms with Crippen LogP contribution in [0.1, 0.15) is 16.7 Å². The van der Waals surface area contributed by atoms with Crippen molar-refractivity contribution in [1.82, 2.24) is 0 Å². The van der Waals surface area contributed by atoms with E-state index in [0.29, 0.717) is 33.4 Å². The Morgan fingerprint density at radius 1 is 0.862 bits per heavy atom. The van der Waals surface area contributed by atoms with E-state index in [0.717, 1.165) is 5.56 Å². The minimum Gasteiger partial charge on any atom is -0.493 e. The van der Waals surface area contributed by atoms with E-state index in [1.54, 1.807) is 44.2 Å². The molecule has 5 nitrogen and oxygen atoms in total. The zero-order valence-corrected chi connectivity index (χ0v) is 18.2. The van der Waals surface area contributed by atoms with Gasteiger partial charge in [-0.25, -0.2) is 8.42 Å². The number of para-hydroxylation sites is 2. The second-order valence-electron chi connectivity index (χ2n) is 6.73. The summed E-state index contributed by atoms with van der Waals surface area (Å²) < 4.78 is 40.2. The number of methoxy groups -OCH3 is 1. The normalized spacial score (nSPS) is 11.2. The van der Waals surface area contributed by atoms with Gasteiger partial charge in [0.05, 0.1) is 17.7 Å². The van der Waals surface area contributed by atoms with Gasteiger partial charge < -0.3 is 9.47 Å². The molecule has 0 atom stereocenters. The highest BCUT2D eigenvalue weighted by Crippen LogP contribution is 2.37. The topological polar surface area (TPSA) is 64.6 Å². The zero-order chi connectivity index (χ0) is 21.2. The average Bonchev–Trinajstić information content (AvgIpc) is 2.63. The van der Waals surface area contributed by atoms with Crippen molar-refractivity contribution in [3.05, 3.63) is 76.3 Å². The average molecular weight is 432 g/mol. The van der Waals surface area contributed by atoms with Gasteiger partial charge in [-0.2, -0.15) is 0 Å². The molecule has 0 aliphatic rings. The van der Waals surface area contributed by atoms with Crippen LogP contribution in [0.3, 0.4) is 0 Å². The number of sulfonamides is 1. The largest absolute Gasteiger partial charge is 0.493 e. The summed E-state index contributed by atoms with van der Waals surface area (Å²) in [6.07, 6.45) is 0. The molecule has 0 unspecified atom stereocenters. The second-order valence-corrected chi connectivity index (χ2v) is 8.78. The van der Waals surface area contributed by atoms with Crippen LogP contribution in [0.25, 0.3) is 0 Å². The molecule has 3 rings (SSSR count). The summed E-state index contributed by atoms with van der Waals surface area (Å²) in [6.45, 7) is 5.48. The highest BCUT2D eigenvalue weighted by Gasteiger charge is 2.22. The predicted molar refractivity (Wildman–Crippen MR) is 116 cm³/mol. The highest BCUT2D eigenvalue weighted by atomic mass is 35.5. The van der Waals surface area contributed by atoms with E-state index < -0.39 is 10.0 Å². The van der Waals surface area contributed by atoms with Crippen LogP contribution in [0.2, 0.25) is 5.02 Å². The van der Waals surface area contributed by atoms with Crippen molar-refractivity contribution in [3.8, 4) is 17.2 Å². The van der Waals surface area contributed by atoms with E-state index in [1.165, 1.54) is 13.2 Å². The molecule has 0 bridgehead atoms. The first-order valence-electron chi connectivity index (χ1n) is 8.92. The lowest BCUT2D eigenvalue weighted by molar-refractivity contribution is 0.379. The standard InChI is InChI=1S/C22H22ClNO4S/c1-14-11-15(2)22(16(3)12-14)29(25,26)24-18-13-17(23)9-10-19(18)28-21-8-6-5-7-20(21)27-4/h5-13,24H,1-4H3. The van der Waals surface area contributed by atoms with Crippen LogP contribution in [0, 0.1) is 20.8 Å². The van der Waals surface area contributed by atoms with Crippen LogP contribution in [-0.4, -0.2) is 15.5 Å². The second kappa shape index (κ2) is 8.35. The molecule has 0 heterocycles. The Labute approximate surface area is 176 Å². The lowest BCUT2D eigenvalue weighted by atomic mass is 10.1. The maximum atomic E-state index is 13.2. The van der Waals surface area contributed by atoms with Gasteiger partial charge in [0.2, 0.25) is 0 Å². The minimum absolute atomic E-state index is 0.239. The zero-order valence-electron chi connectivity index (χ0n) is 16.6. The predicted octanol–water partition coefficient (Wildman–Crippen LogP) is 5.87. The Bertz CT molecular complexity index is 1140. The van der Waals surface area contributed by atoms with Crippen molar-refractivity contribution in [2.24, 2.45) is 0 Å². The molecule has 0 aromatic heterocycles. The first-order valence-corrected chi connectivity index (χ1v) is 10.8. The number of halogens is 1. The molecule has 0 radical (unpaired) electrons. The number of anilines is 1. The molecular weight excluding hydrogens is 410 g/mol. The van der Waals surface area contributed by atoms with Crippen LogP contribution in [0.5, 0.6) is 17.2 Å². The van der Waals surface area contributed by atoms with Crippen molar-refractivity contribution >= 4 is 27.3 Å². The van der Waals surface area contributed by atoms with E-state index in [9.17, 15) is 8.42 Å². The summed E-state index contributed by atoms with van der Waals surface area (Å²) >= 11 is 6.12. The summed E-state index contributed by atoms with van der Waals surface area (Å²) in [5.41, 5.74) is 2.58. The first-order chi connectivity index (χ1) is 13.7. The van der Waals surface area contributed by atoms with Gasteiger partial charge in [-0.05, 0) is 62.2 Å². The maximum Gasteiger partial charge on any atom is 0.262 e. The number of rotatable bonds is 6. The van der Waals surface area contributed by atoms with Gasteiger partial charge in [-0.1, -0.05) is 41.4 Å². The van der Waals surface area contributed by atoms with Gasteiger partial charge in [-0.3, -0.25) is 4.72 Å². The summed E-state index contributed by atoms with van der Waals surface area (Å²) in [6, 6.07) is 15.6. The smallest absolute Gasteiger partial charge is 0.262 e. The first kappa shape index (κ1) is 21.0. The third-order valence-electron chi connectivity index (χ3n) is 4.35. The molecule has 0 spiro atoms.